The molecular formula is C19H14BrFN4O2. The first-order valence-corrected chi connectivity index (χ1v) is 8.94. The van der Waals surface area contributed by atoms with Crippen LogP contribution in [-0.2, 0) is 11.3 Å². The first kappa shape index (κ1) is 17.4. The smallest absolute Gasteiger partial charge is 0.276 e. The van der Waals surface area contributed by atoms with E-state index in [2.05, 4.69) is 31.3 Å². The highest BCUT2D eigenvalue weighted by Crippen LogP contribution is 2.21. The summed E-state index contributed by atoms with van der Waals surface area (Å²) in [5, 5.41) is 6.46. The number of hydrogen-bond acceptors (Lipinski definition) is 3. The zero-order valence-corrected chi connectivity index (χ0v) is 15.8. The zero-order chi connectivity index (χ0) is 19.1. The van der Waals surface area contributed by atoms with Crippen LogP contribution in [0.25, 0.3) is 21.8 Å². The lowest BCUT2D eigenvalue weighted by atomic mass is 10.2. The highest BCUT2D eigenvalue weighted by atomic mass is 79.9. The van der Waals surface area contributed by atoms with Gasteiger partial charge in [0.15, 0.2) is 0 Å². The monoisotopic (exact) mass is 428 g/mol. The van der Waals surface area contributed by atoms with E-state index in [1.54, 1.807) is 12.1 Å². The number of benzene rings is 2. The third-order valence-electron chi connectivity index (χ3n) is 4.30. The molecule has 0 aliphatic heterocycles. The van der Waals surface area contributed by atoms with Gasteiger partial charge in [-0.2, -0.15) is 0 Å². The average Bonchev–Trinajstić information content (AvgIpc) is 2.94. The molecule has 0 radical (unpaired) electrons. The summed E-state index contributed by atoms with van der Waals surface area (Å²) >= 11 is 3.41. The predicted molar refractivity (Wildman–Crippen MR) is 105 cm³/mol. The SMILES string of the molecule is Cc1cc(NC(=O)Cn2[nH]c3c(cnc4ccc(F)cc43)c2=O)ccc1Br. The van der Waals surface area contributed by atoms with Crippen molar-refractivity contribution in [1.82, 2.24) is 14.8 Å². The number of rotatable bonds is 3. The zero-order valence-electron chi connectivity index (χ0n) is 14.2. The van der Waals surface area contributed by atoms with Gasteiger partial charge in [0, 0.05) is 21.7 Å². The molecule has 0 bridgehead atoms. The first-order valence-electron chi connectivity index (χ1n) is 8.15. The molecule has 8 heteroatoms. The van der Waals surface area contributed by atoms with Crippen LogP contribution in [0.5, 0.6) is 0 Å². The third-order valence-corrected chi connectivity index (χ3v) is 5.19. The number of anilines is 1. The molecule has 2 aromatic heterocycles. The Balaban J connectivity index is 1.67. The van der Waals surface area contributed by atoms with E-state index in [0.717, 1.165) is 10.0 Å². The van der Waals surface area contributed by atoms with Gasteiger partial charge in [-0.1, -0.05) is 15.9 Å². The Morgan fingerprint density at radius 1 is 1.26 bits per heavy atom. The molecule has 0 unspecified atom stereocenters. The average molecular weight is 429 g/mol. The maximum absolute atomic E-state index is 13.6. The lowest BCUT2D eigenvalue weighted by Gasteiger charge is -2.07. The van der Waals surface area contributed by atoms with E-state index in [9.17, 15) is 14.0 Å². The van der Waals surface area contributed by atoms with Crippen molar-refractivity contribution in [3.05, 3.63) is 68.8 Å². The van der Waals surface area contributed by atoms with Crippen LogP contribution in [-0.4, -0.2) is 20.7 Å². The molecule has 1 amide bonds. The number of hydrogen-bond donors (Lipinski definition) is 2. The van der Waals surface area contributed by atoms with Crippen molar-refractivity contribution in [3.8, 4) is 0 Å². The van der Waals surface area contributed by atoms with E-state index in [4.69, 9.17) is 0 Å². The molecular weight excluding hydrogens is 415 g/mol. The number of pyridine rings is 1. The molecule has 0 aliphatic carbocycles. The number of amides is 1. The van der Waals surface area contributed by atoms with Crippen LogP contribution in [0.3, 0.4) is 0 Å². The molecule has 2 aromatic carbocycles. The second kappa shape index (κ2) is 6.62. The Kier molecular flexibility index (Phi) is 4.27. The fourth-order valence-electron chi connectivity index (χ4n) is 2.96. The van der Waals surface area contributed by atoms with Crippen molar-refractivity contribution in [1.29, 1.82) is 0 Å². The summed E-state index contributed by atoms with van der Waals surface area (Å²) in [6.07, 6.45) is 1.43. The molecule has 2 N–H and O–H groups in total. The van der Waals surface area contributed by atoms with Crippen LogP contribution < -0.4 is 10.9 Å². The van der Waals surface area contributed by atoms with Crippen LogP contribution in [0.4, 0.5) is 10.1 Å². The third kappa shape index (κ3) is 3.23. The molecule has 4 aromatic rings. The van der Waals surface area contributed by atoms with Gasteiger partial charge >= 0.3 is 0 Å². The number of halogens is 2. The summed E-state index contributed by atoms with van der Waals surface area (Å²) in [5.41, 5.74) is 2.25. The summed E-state index contributed by atoms with van der Waals surface area (Å²) in [6, 6.07) is 9.60. The molecule has 0 aliphatic rings. The van der Waals surface area contributed by atoms with Crippen molar-refractivity contribution in [2.24, 2.45) is 0 Å². The Morgan fingerprint density at radius 2 is 2.07 bits per heavy atom. The summed E-state index contributed by atoms with van der Waals surface area (Å²) in [7, 11) is 0. The minimum absolute atomic E-state index is 0.195. The highest BCUT2D eigenvalue weighted by Gasteiger charge is 2.14. The van der Waals surface area contributed by atoms with E-state index in [0.29, 0.717) is 27.5 Å². The topological polar surface area (TPSA) is 79.8 Å². The van der Waals surface area contributed by atoms with Gasteiger partial charge in [-0.3, -0.25) is 19.7 Å². The van der Waals surface area contributed by atoms with Gasteiger partial charge in [0.05, 0.1) is 16.4 Å². The largest absolute Gasteiger partial charge is 0.324 e. The van der Waals surface area contributed by atoms with E-state index in [1.165, 1.54) is 23.0 Å². The van der Waals surface area contributed by atoms with Crippen molar-refractivity contribution in [2.45, 2.75) is 13.5 Å². The number of aryl methyl sites for hydroxylation is 1. The molecule has 4 rings (SSSR count). The minimum atomic E-state index is -0.422. The summed E-state index contributed by atoms with van der Waals surface area (Å²) in [6.45, 7) is 1.72. The molecule has 0 fully saturated rings. The van der Waals surface area contributed by atoms with Crippen LogP contribution >= 0.6 is 15.9 Å². The number of H-pyrrole nitrogens is 1. The standard InChI is InChI=1S/C19H14BrFN4O2/c1-10-6-12(3-4-15(10)20)23-17(26)9-25-19(27)14-8-22-16-5-2-11(21)7-13(16)18(14)24-25/h2-8,24H,9H2,1H3,(H,23,26). The Bertz CT molecular complexity index is 1260. The predicted octanol–water partition coefficient (Wildman–Crippen LogP) is 3.73. The summed E-state index contributed by atoms with van der Waals surface area (Å²) in [5.74, 6) is -0.775. The lowest BCUT2D eigenvalue weighted by Crippen LogP contribution is -2.26. The van der Waals surface area contributed by atoms with Gasteiger partial charge < -0.3 is 5.32 Å². The minimum Gasteiger partial charge on any atom is -0.324 e. The van der Waals surface area contributed by atoms with Crippen molar-refractivity contribution >= 4 is 49.3 Å². The second-order valence-corrected chi connectivity index (χ2v) is 7.08. The number of nitrogens with one attached hydrogen (secondary N) is 2. The molecule has 136 valence electrons. The van der Waals surface area contributed by atoms with E-state index >= 15 is 0 Å². The van der Waals surface area contributed by atoms with Gasteiger partial charge in [0.25, 0.3) is 5.56 Å². The Hall–Kier alpha value is -3.00. The van der Waals surface area contributed by atoms with Crippen molar-refractivity contribution in [3.63, 3.8) is 0 Å². The maximum Gasteiger partial charge on any atom is 0.276 e. The van der Waals surface area contributed by atoms with Gasteiger partial charge in [-0.15, -0.1) is 0 Å². The molecule has 6 nitrogen and oxygen atoms in total. The Morgan fingerprint density at radius 3 is 2.85 bits per heavy atom. The van der Waals surface area contributed by atoms with E-state index in [-0.39, 0.29) is 18.0 Å². The number of carbonyl (C=O) groups is 1. The molecule has 2 heterocycles. The normalized spacial score (nSPS) is 11.2. The van der Waals surface area contributed by atoms with Crippen LogP contribution in [0.1, 0.15) is 5.56 Å². The number of aromatic nitrogens is 3. The fraction of sp³-hybridized carbons (Fsp3) is 0.105. The molecule has 27 heavy (non-hydrogen) atoms. The summed E-state index contributed by atoms with van der Waals surface area (Å²) < 4.78 is 15.7. The highest BCUT2D eigenvalue weighted by molar-refractivity contribution is 9.10. The second-order valence-electron chi connectivity index (χ2n) is 6.22. The number of aromatic amines is 1. The van der Waals surface area contributed by atoms with E-state index in [1.807, 2.05) is 19.1 Å². The number of fused-ring (bicyclic) bond motifs is 3. The molecule has 0 saturated carbocycles. The number of nitrogens with zero attached hydrogens (tertiary/aromatic N) is 2. The van der Waals surface area contributed by atoms with Crippen LogP contribution in [0.15, 0.2) is 51.9 Å². The van der Waals surface area contributed by atoms with Gasteiger partial charge in [-0.05, 0) is 48.9 Å². The van der Waals surface area contributed by atoms with Crippen LogP contribution in [0.2, 0.25) is 0 Å². The quantitative estimate of drug-likeness (QED) is 0.521. The first-order chi connectivity index (χ1) is 12.9. The molecule has 0 atom stereocenters. The van der Waals surface area contributed by atoms with Gasteiger partial charge in [-0.25, -0.2) is 9.07 Å². The summed E-state index contributed by atoms with van der Waals surface area (Å²) in [4.78, 5) is 29.1. The van der Waals surface area contributed by atoms with Gasteiger partial charge in [0.1, 0.15) is 12.4 Å². The maximum atomic E-state index is 13.6. The molecule has 0 saturated heterocycles. The Labute approximate surface area is 161 Å². The molecule has 0 spiro atoms. The van der Waals surface area contributed by atoms with Crippen molar-refractivity contribution in [2.75, 3.05) is 5.32 Å². The fourth-order valence-corrected chi connectivity index (χ4v) is 3.20. The van der Waals surface area contributed by atoms with Crippen LogP contribution in [0, 0.1) is 12.7 Å². The lowest BCUT2D eigenvalue weighted by molar-refractivity contribution is -0.116. The number of carbonyl (C=O) groups excluding carboxylic acids is 1. The van der Waals surface area contributed by atoms with Crippen molar-refractivity contribution < 1.29 is 9.18 Å². The van der Waals surface area contributed by atoms with Gasteiger partial charge in [0.2, 0.25) is 5.91 Å². The van der Waals surface area contributed by atoms with E-state index < -0.39 is 5.82 Å².